The SMILES string of the molecule is O=S(=O)(Nc1ccc(F)cc1I)N1CCCC1. The molecule has 17 heavy (non-hydrogen) atoms. The van der Waals surface area contributed by atoms with E-state index >= 15 is 0 Å². The molecule has 0 amide bonds. The number of hydrogen-bond donors (Lipinski definition) is 1. The largest absolute Gasteiger partial charge is 0.301 e. The number of benzene rings is 1. The van der Waals surface area contributed by atoms with Gasteiger partial charge in [0.05, 0.1) is 5.69 Å². The van der Waals surface area contributed by atoms with Crippen molar-refractivity contribution in [1.82, 2.24) is 4.31 Å². The minimum absolute atomic E-state index is 0.376. The highest BCUT2D eigenvalue weighted by molar-refractivity contribution is 14.1. The normalized spacial score (nSPS) is 17.3. The smallest absolute Gasteiger partial charge is 0.270 e. The first-order valence-corrected chi connectivity index (χ1v) is 7.74. The monoisotopic (exact) mass is 370 g/mol. The van der Waals surface area contributed by atoms with E-state index in [9.17, 15) is 12.8 Å². The minimum atomic E-state index is -3.49. The van der Waals surface area contributed by atoms with Gasteiger partial charge in [-0.15, -0.1) is 0 Å². The Morgan fingerprint density at radius 2 is 1.94 bits per heavy atom. The molecule has 0 unspecified atom stereocenters. The highest BCUT2D eigenvalue weighted by Crippen LogP contribution is 2.22. The van der Waals surface area contributed by atoms with E-state index in [1.54, 1.807) is 0 Å². The van der Waals surface area contributed by atoms with Crippen molar-refractivity contribution in [3.05, 3.63) is 27.6 Å². The minimum Gasteiger partial charge on any atom is -0.270 e. The first kappa shape index (κ1) is 13.0. The lowest BCUT2D eigenvalue weighted by Crippen LogP contribution is -2.33. The van der Waals surface area contributed by atoms with Crippen LogP contribution in [0.25, 0.3) is 0 Å². The van der Waals surface area contributed by atoms with Gasteiger partial charge in [-0.3, -0.25) is 4.72 Å². The maximum absolute atomic E-state index is 12.9. The molecule has 1 fully saturated rings. The second-order valence-corrected chi connectivity index (χ2v) is 6.67. The second-order valence-electron chi connectivity index (χ2n) is 3.84. The molecular formula is C10H12FIN2O2S. The molecule has 0 atom stereocenters. The summed E-state index contributed by atoms with van der Waals surface area (Å²) in [4.78, 5) is 0. The molecular weight excluding hydrogens is 358 g/mol. The zero-order valence-corrected chi connectivity index (χ0v) is 12.0. The second kappa shape index (κ2) is 5.07. The third-order valence-electron chi connectivity index (χ3n) is 2.58. The van der Waals surface area contributed by atoms with Gasteiger partial charge in [0.2, 0.25) is 0 Å². The van der Waals surface area contributed by atoms with Gasteiger partial charge in [-0.1, -0.05) is 0 Å². The van der Waals surface area contributed by atoms with E-state index in [2.05, 4.69) is 4.72 Å². The molecule has 0 bridgehead atoms. The number of hydrogen-bond acceptors (Lipinski definition) is 2. The maximum Gasteiger partial charge on any atom is 0.301 e. The van der Waals surface area contributed by atoms with Crippen LogP contribution in [0.1, 0.15) is 12.8 Å². The summed E-state index contributed by atoms with van der Waals surface area (Å²) >= 11 is 1.90. The van der Waals surface area contributed by atoms with E-state index in [0.29, 0.717) is 22.3 Å². The number of rotatable bonds is 3. The van der Waals surface area contributed by atoms with Gasteiger partial charge in [0.1, 0.15) is 5.82 Å². The number of anilines is 1. The molecule has 0 aromatic heterocycles. The van der Waals surface area contributed by atoms with Crippen molar-refractivity contribution in [3.63, 3.8) is 0 Å². The number of nitrogens with zero attached hydrogens (tertiary/aromatic N) is 1. The van der Waals surface area contributed by atoms with Gasteiger partial charge in [-0.25, -0.2) is 4.39 Å². The lowest BCUT2D eigenvalue weighted by atomic mass is 10.3. The van der Waals surface area contributed by atoms with E-state index in [4.69, 9.17) is 0 Å². The summed E-state index contributed by atoms with van der Waals surface area (Å²) in [7, 11) is -3.49. The van der Waals surface area contributed by atoms with Gasteiger partial charge in [0, 0.05) is 16.7 Å². The Labute approximate surface area is 114 Å². The van der Waals surface area contributed by atoms with E-state index in [1.807, 2.05) is 22.6 Å². The van der Waals surface area contributed by atoms with Crippen LogP contribution in [-0.2, 0) is 10.2 Å². The molecule has 1 aromatic carbocycles. The standard InChI is InChI=1S/C10H12FIN2O2S/c11-8-3-4-10(9(12)7-8)13-17(15,16)14-5-1-2-6-14/h3-4,7,13H,1-2,5-6H2. The maximum atomic E-state index is 12.9. The molecule has 1 aromatic rings. The van der Waals surface area contributed by atoms with Crippen molar-refractivity contribution in [2.45, 2.75) is 12.8 Å². The number of nitrogens with one attached hydrogen (secondary N) is 1. The van der Waals surface area contributed by atoms with Crippen molar-refractivity contribution in [2.24, 2.45) is 0 Å². The first-order chi connectivity index (χ1) is 7.99. The van der Waals surface area contributed by atoms with Crippen molar-refractivity contribution in [1.29, 1.82) is 0 Å². The first-order valence-electron chi connectivity index (χ1n) is 5.22. The van der Waals surface area contributed by atoms with Gasteiger partial charge >= 0.3 is 10.2 Å². The molecule has 0 spiro atoms. The van der Waals surface area contributed by atoms with E-state index in [-0.39, 0.29) is 5.82 Å². The summed E-state index contributed by atoms with van der Waals surface area (Å²) in [6, 6.07) is 3.97. The van der Waals surface area contributed by atoms with Crippen molar-refractivity contribution in [3.8, 4) is 0 Å². The van der Waals surface area contributed by atoms with Crippen LogP contribution in [0.4, 0.5) is 10.1 Å². The summed E-state index contributed by atoms with van der Waals surface area (Å²) in [6.45, 7) is 1.10. The molecule has 0 saturated carbocycles. The molecule has 1 heterocycles. The van der Waals surface area contributed by atoms with Gasteiger partial charge < -0.3 is 0 Å². The molecule has 1 saturated heterocycles. The summed E-state index contributed by atoms with van der Waals surface area (Å²) in [5, 5.41) is 0. The zero-order valence-electron chi connectivity index (χ0n) is 8.99. The van der Waals surface area contributed by atoms with Gasteiger partial charge in [-0.2, -0.15) is 12.7 Å². The van der Waals surface area contributed by atoms with Crippen LogP contribution in [0.2, 0.25) is 0 Å². The van der Waals surface area contributed by atoms with Crippen LogP contribution in [0, 0.1) is 9.39 Å². The third kappa shape index (κ3) is 3.08. The summed E-state index contributed by atoms with van der Waals surface area (Å²) in [5.74, 6) is -0.376. The molecule has 94 valence electrons. The fourth-order valence-corrected chi connectivity index (χ4v) is 3.82. The third-order valence-corrected chi connectivity index (χ3v) is 4.99. The predicted molar refractivity (Wildman–Crippen MR) is 72.5 cm³/mol. The lowest BCUT2D eigenvalue weighted by molar-refractivity contribution is 0.482. The topological polar surface area (TPSA) is 49.4 Å². The van der Waals surface area contributed by atoms with Crippen LogP contribution < -0.4 is 4.72 Å². The van der Waals surface area contributed by atoms with E-state index < -0.39 is 10.2 Å². The summed E-state index contributed by atoms with van der Waals surface area (Å²) in [6.07, 6.45) is 1.78. The number of halogens is 2. The Balaban J connectivity index is 2.19. The van der Waals surface area contributed by atoms with Gasteiger partial charge in [0.25, 0.3) is 0 Å². The van der Waals surface area contributed by atoms with E-state index in [0.717, 1.165) is 12.8 Å². The summed E-state index contributed by atoms with van der Waals surface area (Å²) in [5.41, 5.74) is 0.416. The molecule has 1 aliphatic rings. The molecule has 1 N–H and O–H groups in total. The van der Waals surface area contributed by atoms with Crippen LogP contribution in [0.5, 0.6) is 0 Å². The predicted octanol–water partition coefficient (Wildman–Crippen LogP) is 2.18. The molecule has 4 nitrogen and oxygen atoms in total. The highest BCUT2D eigenvalue weighted by Gasteiger charge is 2.25. The molecule has 0 aliphatic carbocycles. The van der Waals surface area contributed by atoms with Crippen molar-refractivity contribution >= 4 is 38.5 Å². The fraction of sp³-hybridized carbons (Fsp3) is 0.400. The van der Waals surface area contributed by atoms with Crippen molar-refractivity contribution in [2.75, 3.05) is 17.8 Å². The quantitative estimate of drug-likeness (QED) is 0.830. The highest BCUT2D eigenvalue weighted by atomic mass is 127. The van der Waals surface area contributed by atoms with Gasteiger partial charge in [-0.05, 0) is 53.6 Å². The lowest BCUT2D eigenvalue weighted by Gasteiger charge is -2.17. The Kier molecular flexibility index (Phi) is 3.88. The van der Waals surface area contributed by atoms with Gasteiger partial charge in [0.15, 0.2) is 0 Å². The van der Waals surface area contributed by atoms with Crippen LogP contribution in [-0.4, -0.2) is 25.8 Å². The fourth-order valence-electron chi connectivity index (χ4n) is 1.70. The van der Waals surface area contributed by atoms with Crippen LogP contribution >= 0.6 is 22.6 Å². The average Bonchev–Trinajstić information content (AvgIpc) is 2.76. The Morgan fingerprint density at radius 3 is 2.53 bits per heavy atom. The summed E-state index contributed by atoms with van der Waals surface area (Å²) < 4.78 is 41.2. The van der Waals surface area contributed by atoms with Crippen LogP contribution in [0.15, 0.2) is 18.2 Å². The Morgan fingerprint density at radius 1 is 1.29 bits per heavy atom. The van der Waals surface area contributed by atoms with Crippen molar-refractivity contribution < 1.29 is 12.8 Å². The molecule has 7 heteroatoms. The molecule has 2 rings (SSSR count). The Hall–Kier alpha value is -0.410. The Bertz CT molecular complexity index is 515. The van der Waals surface area contributed by atoms with Crippen LogP contribution in [0.3, 0.4) is 0 Å². The molecule has 1 aliphatic heterocycles. The zero-order chi connectivity index (χ0) is 12.5. The molecule has 0 radical (unpaired) electrons. The van der Waals surface area contributed by atoms with E-state index in [1.165, 1.54) is 22.5 Å². The average molecular weight is 370 g/mol.